The fraction of sp³-hybridized carbons (Fsp3) is 0.789. The minimum absolute atomic E-state index is 0. The molecule has 7 heteroatoms. The van der Waals surface area contributed by atoms with Gasteiger partial charge in [-0.15, -0.1) is 35.3 Å². The highest BCUT2D eigenvalue weighted by Gasteiger charge is 2.20. The molecular weight excluding hydrogens is 457 g/mol. The summed E-state index contributed by atoms with van der Waals surface area (Å²) in [6, 6.07) is 0. The van der Waals surface area contributed by atoms with Gasteiger partial charge >= 0.3 is 0 Å². The lowest BCUT2D eigenvalue weighted by Crippen LogP contribution is -2.41. The van der Waals surface area contributed by atoms with Crippen LogP contribution < -0.4 is 10.6 Å². The molecule has 0 radical (unpaired) electrons. The average Bonchev–Trinajstić information content (AvgIpc) is 2.98. The van der Waals surface area contributed by atoms with Crippen LogP contribution in [-0.2, 0) is 6.42 Å². The second-order valence-electron chi connectivity index (χ2n) is 7.42. The zero-order valence-electron chi connectivity index (χ0n) is 16.8. The average molecular weight is 494 g/mol. The Morgan fingerprint density at radius 1 is 1.42 bits per heavy atom. The summed E-state index contributed by atoms with van der Waals surface area (Å²) in [5.74, 6) is 2.37. The van der Waals surface area contributed by atoms with Crippen molar-refractivity contribution in [3.63, 3.8) is 0 Å². The van der Waals surface area contributed by atoms with Crippen LogP contribution in [0.15, 0.2) is 11.2 Å². The lowest BCUT2D eigenvalue weighted by Gasteiger charge is -2.33. The van der Waals surface area contributed by atoms with Crippen molar-refractivity contribution in [2.75, 3.05) is 39.3 Å². The molecule has 0 amide bonds. The van der Waals surface area contributed by atoms with Gasteiger partial charge in [0.2, 0.25) is 0 Å². The first kappa shape index (κ1) is 23.6. The Kier molecular flexibility index (Phi) is 11.7. The maximum absolute atomic E-state index is 4.84. The van der Waals surface area contributed by atoms with Crippen LogP contribution in [0.3, 0.4) is 0 Å². The Morgan fingerprint density at radius 2 is 2.23 bits per heavy atom. The normalized spacial score (nSPS) is 18.7. The molecule has 2 rings (SSSR count). The molecule has 1 atom stereocenters. The maximum Gasteiger partial charge on any atom is 0.191 e. The van der Waals surface area contributed by atoms with Crippen molar-refractivity contribution in [3.8, 4) is 0 Å². The van der Waals surface area contributed by atoms with Crippen LogP contribution in [0.4, 0.5) is 0 Å². The molecule has 2 heterocycles. The molecule has 1 aromatic heterocycles. The summed E-state index contributed by atoms with van der Waals surface area (Å²) >= 11 is 1.78. The molecule has 1 aromatic rings. The second-order valence-corrected chi connectivity index (χ2v) is 8.74. The van der Waals surface area contributed by atoms with E-state index in [0.717, 1.165) is 37.9 Å². The Hall–Kier alpha value is -0.410. The van der Waals surface area contributed by atoms with E-state index in [1.54, 1.807) is 11.3 Å². The van der Waals surface area contributed by atoms with Crippen LogP contribution in [0.5, 0.6) is 0 Å². The number of nitrogens with zero attached hydrogens (tertiary/aromatic N) is 3. The highest BCUT2D eigenvalue weighted by molar-refractivity contribution is 14.0. The minimum atomic E-state index is 0. The smallest absolute Gasteiger partial charge is 0.191 e. The van der Waals surface area contributed by atoms with E-state index in [4.69, 9.17) is 4.99 Å². The molecule has 0 aliphatic carbocycles. The summed E-state index contributed by atoms with van der Waals surface area (Å²) in [6.07, 6.45) is 5.51. The van der Waals surface area contributed by atoms with E-state index in [1.165, 1.54) is 42.4 Å². The SMILES string of the molecule is CCNC(=NCC1CCCN(CC(C)C)C1)NCCc1ncc(C)s1.I. The van der Waals surface area contributed by atoms with E-state index in [9.17, 15) is 0 Å². The number of aryl methyl sites for hydroxylation is 1. The summed E-state index contributed by atoms with van der Waals surface area (Å²) in [7, 11) is 0. The minimum Gasteiger partial charge on any atom is -0.357 e. The van der Waals surface area contributed by atoms with Crippen LogP contribution in [0.1, 0.15) is 43.5 Å². The Balaban J connectivity index is 0.00000338. The number of likely N-dealkylation sites (tertiary alicyclic amines) is 1. The van der Waals surface area contributed by atoms with Crippen LogP contribution >= 0.6 is 35.3 Å². The van der Waals surface area contributed by atoms with Crippen LogP contribution in [0.2, 0.25) is 0 Å². The van der Waals surface area contributed by atoms with Crippen molar-refractivity contribution in [2.24, 2.45) is 16.8 Å². The monoisotopic (exact) mass is 493 g/mol. The van der Waals surface area contributed by atoms with Gasteiger partial charge in [0, 0.05) is 50.2 Å². The van der Waals surface area contributed by atoms with Gasteiger partial charge in [0.25, 0.3) is 0 Å². The molecule has 0 aromatic carbocycles. The summed E-state index contributed by atoms with van der Waals surface area (Å²) < 4.78 is 0. The maximum atomic E-state index is 4.84. The lowest BCUT2D eigenvalue weighted by atomic mass is 9.97. The van der Waals surface area contributed by atoms with Gasteiger partial charge in [0.15, 0.2) is 5.96 Å². The molecular formula is C19H36IN5S. The van der Waals surface area contributed by atoms with E-state index < -0.39 is 0 Å². The van der Waals surface area contributed by atoms with Gasteiger partial charge in [-0.05, 0) is 45.1 Å². The Bertz CT molecular complexity index is 532. The van der Waals surface area contributed by atoms with Gasteiger partial charge in [0.1, 0.15) is 0 Å². The number of hydrogen-bond donors (Lipinski definition) is 2. The largest absolute Gasteiger partial charge is 0.357 e. The standard InChI is InChI=1S/C19H35N5S.HI/c1-5-20-19(21-9-8-18-22-11-16(4)25-18)23-12-17-7-6-10-24(14-17)13-15(2)3;/h11,15,17H,5-10,12-14H2,1-4H3,(H2,20,21,23);1H. The molecule has 0 saturated carbocycles. The van der Waals surface area contributed by atoms with Gasteiger partial charge < -0.3 is 15.5 Å². The molecule has 1 aliphatic rings. The van der Waals surface area contributed by atoms with E-state index in [0.29, 0.717) is 5.92 Å². The number of guanidine groups is 1. The van der Waals surface area contributed by atoms with Crippen molar-refractivity contribution in [1.29, 1.82) is 0 Å². The molecule has 1 saturated heterocycles. The number of nitrogens with one attached hydrogen (secondary N) is 2. The number of thiazole rings is 1. The van der Waals surface area contributed by atoms with Crippen molar-refractivity contribution >= 4 is 41.3 Å². The predicted octanol–water partition coefficient (Wildman–Crippen LogP) is 3.54. The van der Waals surface area contributed by atoms with E-state index >= 15 is 0 Å². The number of rotatable bonds is 8. The molecule has 26 heavy (non-hydrogen) atoms. The van der Waals surface area contributed by atoms with Crippen molar-refractivity contribution in [2.45, 2.75) is 47.0 Å². The fourth-order valence-corrected chi connectivity index (χ4v) is 4.14. The van der Waals surface area contributed by atoms with Gasteiger partial charge in [-0.2, -0.15) is 0 Å². The van der Waals surface area contributed by atoms with E-state index in [2.05, 4.69) is 48.2 Å². The highest BCUT2D eigenvalue weighted by atomic mass is 127. The number of halogens is 1. The summed E-state index contributed by atoms with van der Waals surface area (Å²) in [5, 5.41) is 8.01. The van der Waals surface area contributed by atoms with Gasteiger partial charge in [-0.25, -0.2) is 4.98 Å². The van der Waals surface area contributed by atoms with Crippen molar-refractivity contribution < 1.29 is 0 Å². The molecule has 5 nitrogen and oxygen atoms in total. The van der Waals surface area contributed by atoms with E-state index in [-0.39, 0.29) is 24.0 Å². The third kappa shape index (κ3) is 8.99. The molecule has 1 fully saturated rings. The first-order chi connectivity index (χ1) is 12.1. The van der Waals surface area contributed by atoms with E-state index in [1.807, 2.05) is 6.20 Å². The summed E-state index contributed by atoms with van der Waals surface area (Å²) in [5.41, 5.74) is 0. The first-order valence-electron chi connectivity index (χ1n) is 9.72. The first-order valence-corrected chi connectivity index (χ1v) is 10.5. The Labute approximate surface area is 180 Å². The lowest BCUT2D eigenvalue weighted by molar-refractivity contribution is 0.162. The van der Waals surface area contributed by atoms with Gasteiger partial charge in [0.05, 0.1) is 5.01 Å². The molecule has 2 N–H and O–H groups in total. The van der Waals surface area contributed by atoms with Crippen LogP contribution in [0, 0.1) is 18.8 Å². The zero-order valence-corrected chi connectivity index (χ0v) is 19.9. The van der Waals surface area contributed by atoms with Crippen LogP contribution in [-0.4, -0.2) is 55.1 Å². The fourth-order valence-electron chi connectivity index (χ4n) is 3.35. The number of aliphatic imine (C=N–C) groups is 1. The van der Waals surface area contributed by atoms with Crippen LogP contribution in [0.25, 0.3) is 0 Å². The van der Waals surface area contributed by atoms with Crippen molar-refractivity contribution in [1.82, 2.24) is 20.5 Å². The molecule has 0 spiro atoms. The molecule has 1 unspecified atom stereocenters. The van der Waals surface area contributed by atoms with Gasteiger partial charge in [-0.3, -0.25) is 4.99 Å². The summed E-state index contributed by atoms with van der Waals surface area (Å²) in [6.45, 7) is 15.2. The van der Waals surface area contributed by atoms with Gasteiger partial charge in [-0.1, -0.05) is 13.8 Å². The second kappa shape index (κ2) is 12.9. The number of piperidine rings is 1. The third-order valence-electron chi connectivity index (χ3n) is 4.38. The highest BCUT2D eigenvalue weighted by Crippen LogP contribution is 2.17. The zero-order chi connectivity index (χ0) is 18.1. The Morgan fingerprint density at radius 3 is 2.88 bits per heavy atom. The van der Waals surface area contributed by atoms with Crippen molar-refractivity contribution in [3.05, 3.63) is 16.1 Å². The molecule has 150 valence electrons. The molecule has 1 aliphatic heterocycles. The summed E-state index contributed by atoms with van der Waals surface area (Å²) in [4.78, 5) is 13.1. The number of hydrogen-bond acceptors (Lipinski definition) is 4. The quantitative estimate of drug-likeness (QED) is 0.331. The third-order valence-corrected chi connectivity index (χ3v) is 5.35. The number of aromatic nitrogens is 1. The molecule has 0 bridgehead atoms. The predicted molar refractivity (Wildman–Crippen MR) is 124 cm³/mol. The topological polar surface area (TPSA) is 52.6 Å².